The van der Waals surface area contributed by atoms with Gasteiger partial charge in [-0.1, -0.05) is 61.7 Å². The first-order chi connectivity index (χ1) is 21.0. The lowest BCUT2D eigenvalue weighted by Crippen LogP contribution is -2.61. The van der Waals surface area contributed by atoms with Crippen LogP contribution in [0.25, 0.3) is 0 Å². The highest BCUT2D eigenvalue weighted by molar-refractivity contribution is 6.52. The maximum atomic E-state index is 14.3. The first kappa shape index (κ1) is 28.6. The van der Waals surface area contributed by atoms with Crippen LogP contribution in [0.1, 0.15) is 48.0 Å². The van der Waals surface area contributed by atoms with Gasteiger partial charge in [0.15, 0.2) is 0 Å². The van der Waals surface area contributed by atoms with Crippen LogP contribution in [-0.4, -0.2) is 66.8 Å². The summed E-state index contributed by atoms with van der Waals surface area (Å²) >= 11 is 0. The molecular formula is C34H36N4O5. The quantitative estimate of drug-likeness (QED) is 0.396. The maximum Gasteiger partial charge on any atom is 0.299 e. The Morgan fingerprint density at radius 1 is 0.837 bits per heavy atom. The number of benzene rings is 3. The SMILES string of the molecule is O=C1C(=O)N(CC(=O)N(Cc2ccccc2)C2(C(=O)Nc3ccc(N4CCOCC4)cc3)CCCCC2)c2ccccc21. The predicted molar refractivity (Wildman–Crippen MR) is 164 cm³/mol. The monoisotopic (exact) mass is 580 g/mol. The second kappa shape index (κ2) is 12.4. The van der Waals surface area contributed by atoms with E-state index in [0.29, 0.717) is 43.0 Å². The van der Waals surface area contributed by atoms with E-state index in [4.69, 9.17) is 4.74 Å². The van der Waals surface area contributed by atoms with Crippen LogP contribution in [0.4, 0.5) is 17.1 Å². The third kappa shape index (κ3) is 5.77. The van der Waals surface area contributed by atoms with Gasteiger partial charge in [0, 0.05) is 31.0 Å². The van der Waals surface area contributed by atoms with Crippen LogP contribution in [0.15, 0.2) is 78.9 Å². The van der Waals surface area contributed by atoms with Crippen LogP contribution in [0.2, 0.25) is 0 Å². The predicted octanol–water partition coefficient (Wildman–Crippen LogP) is 4.42. The molecular weight excluding hydrogens is 544 g/mol. The molecule has 1 aliphatic carbocycles. The lowest BCUT2D eigenvalue weighted by molar-refractivity contribution is -0.148. The van der Waals surface area contributed by atoms with E-state index in [1.807, 2.05) is 54.6 Å². The van der Waals surface area contributed by atoms with Crippen molar-refractivity contribution in [2.45, 2.75) is 44.2 Å². The van der Waals surface area contributed by atoms with Gasteiger partial charge in [-0.05, 0) is 54.8 Å². The van der Waals surface area contributed by atoms with Gasteiger partial charge >= 0.3 is 0 Å². The third-order valence-electron chi connectivity index (χ3n) is 8.78. The van der Waals surface area contributed by atoms with Crippen LogP contribution >= 0.6 is 0 Å². The Hall–Kier alpha value is -4.50. The number of carbonyl (C=O) groups excluding carboxylic acids is 4. The summed E-state index contributed by atoms with van der Waals surface area (Å²) in [5, 5.41) is 3.12. The summed E-state index contributed by atoms with van der Waals surface area (Å²) in [6.07, 6.45) is 3.58. The summed E-state index contributed by atoms with van der Waals surface area (Å²) in [5.74, 6) is -1.96. The van der Waals surface area contributed by atoms with E-state index in [1.165, 1.54) is 4.90 Å². The average molecular weight is 581 g/mol. The lowest BCUT2D eigenvalue weighted by atomic mass is 9.78. The fourth-order valence-corrected chi connectivity index (χ4v) is 6.45. The van der Waals surface area contributed by atoms with Crippen LogP contribution in [0.3, 0.4) is 0 Å². The van der Waals surface area contributed by atoms with Gasteiger partial charge in [0.1, 0.15) is 12.1 Å². The second-order valence-corrected chi connectivity index (χ2v) is 11.4. The molecule has 2 aliphatic heterocycles. The van der Waals surface area contributed by atoms with E-state index in [9.17, 15) is 19.2 Å². The number of morpholine rings is 1. The molecule has 222 valence electrons. The highest BCUT2D eigenvalue weighted by Gasteiger charge is 2.48. The van der Waals surface area contributed by atoms with Crippen molar-refractivity contribution in [3.63, 3.8) is 0 Å². The smallest absolute Gasteiger partial charge is 0.299 e. The molecule has 2 heterocycles. The van der Waals surface area contributed by atoms with E-state index < -0.39 is 17.2 Å². The number of nitrogens with one attached hydrogen (secondary N) is 1. The molecule has 0 unspecified atom stereocenters. The first-order valence-corrected chi connectivity index (χ1v) is 15.0. The van der Waals surface area contributed by atoms with E-state index >= 15 is 0 Å². The molecule has 1 saturated heterocycles. The molecule has 3 aliphatic rings. The zero-order valence-corrected chi connectivity index (χ0v) is 24.2. The van der Waals surface area contributed by atoms with Crippen LogP contribution < -0.4 is 15.1 Å². The van der Waals surface area contributed by atoms with Crippen LogP contribution in [0.5, 0.6) is 0 Å². The number of fused-ring (bicyclic) bond motifs is 1. The summed E-state index contributed by atoms with van der Waals surface area (Å²) in [6.45, 7) is 2.91. The number of rotatable bonds is 8. The Morgan fingerprint density at radius 2 is 1.51 bits per heavy atom. The Morgan fingerprint density at radius 3 is 2.23 bits per heavy atom. The molecule has 1 saturated carbocycles. The first-order valence-electron chi connectivity index (χ1n) is 15.0. The molecule has 0 radical (unpaired) electrons. The van der Waals surface area contributed by atoms with Gasteiger partial charge in [-0.2, -0.15) is 0 Å². The molecule has 6 rings (SSSR count). The van der Waals surface area contributed by atoms with Gasteiger partial charge < -0.3 is 19.9 Å². The molecule has 1 N–H and O–H groups in total. The number of para-hydroxylation sites is 1. The lowest BCUT2D eigenvalue weighted by Gasteiger charge is -2.45. The molecule has 3 aromatic rings. The van der Waals surface area contributed by atoms with Crippen molar-refractivity contribution in [1.82, 2.24) is 4.90 Å². The van der Waals surface area contributed by atoms with Crippen molar-refractivity contribution in [3.8, 4) is 0 Å². The Bertz CT molecular complexity index is 1490. The van der Waals surface area contributed by atoms with E-state index in [0.717, 1.165) is 43.6 Å². The van der Waals surface area contributed by atoms with Crippen molar-refractivity contribution in [2.24, 2.45) is 0 Å². The fourth-order valence-electron chi connectivity index (χ4n) is 6.45. The summed E-state index contributed by atoms with van der Waals surface area (Å²) in [4.78, 5) is 59.3. The van der Waals surface area contributed by atoms with E-state index in [1.54, 1.807) is 29.2 Å². The minimum absolute atomic E-state index is 0.209. The summed E-state index contributed by atoms with van der Waals surface area (Å²) in [6, 6.07) is 24.1. The zero-order chi connectivity index (χ0) is 29.8. The number of nitrogens with zero attached hydrogens (tertiary/aromatic N) is 3. The number of carbonyl (C=O) groups is 4. The number of hydrogen-bond donors (Lipinski definition) is 1. The number of ketones is 1. The van der Waals surface area contributed by atoms with Crippen molar-refractivity contribution >= 4 is 40.6 Å². The summed E-state index contributed by atoms with van der Waals surface area (Å²) in [5.41, 5.74) is 2.22. The van der Waals surface area contributed by atoms with E-state index in [2.05, 4.69) is 10.2 Å². The van der Waals surface area contributed by atoms with Gasteiger partial charge in [0.05, 0.1) is 24.5 Å². The Balaban J connectivity index is 1.29. The molecule has 2 fully saturated rings. The molecule has 3 aromatic carbocycles. The zero-order valence-electron chi connectivity index (χ0n) is 24.2. The minimum atomic E-state index is -1.11. The average Bonchev–Trinajstić information content (AvgIpc) is 3.30. The number of ether oxygens (including phenoxy) is 1. The number of amides is 3. The molecule has 0 bridgehead atoms. The third-order valence-corrected chi connectivity index (χ3v) is 8.78. The molecule has 9 heteroatoms. The van der Waals surface area contributed by atoms with Gasteiger partial charge in [-0.15, -0.1) is 0 Å². The molecule has 9 nitrogen and oxygen atoms in total. The highest BCUT2D eigenvalue weighted by Crippen LogP contribution is 2.37. The Labute approximate surface area is 251 Å². The van der Waals surface area contributed by atoms with Gasteiger partial charge in [-0.25, -0.2) is 0 Å². The van der Waals surface area contributed by atoms with Crippen LogP contribution in [-0.2, 0) is 25.7 Å². The molecule has 0 spiro atoms. The minimum Gasteiger partial charge on any atom is -0.378 e. The normalized spacial score (nSPS) is 17.9. The number of anilines is 3. The molecule has 3 amide bonds. The number of hydrogen-bond acceptors (Lipinski definition) is 6. The summed E-state index contributed by atoms with van der Waals surface area (Å²) < 4.78 is 5.46. The van der Waals surface area contributed by atoms with Crippen molar-refractivity contribution in [2.75, 3.05) is 48.0 Å². The van der Waals surface area contributed by atoms with Crippen molar-refractivity contribution < 1.29 is 23.9 Å². The van der Waals surface area contributed by atoms with Crippen molar-refractivity contribution in [3.05, 3.63) is 90.0 Å². The molecule has 0 atom stereocenters. The standard InChI is InChI=1S/C34H36N4O5/c39-30(24-37-29-12-6-5-11-28(29)31(40)32(37)41)38(23-25-9-3-1-4-10-25)34(17-7-2-8-18-34)33(42)35-26-13-15-27(16-14-26)36-19-21-43-22-20-36/h1,3-6,9-16H,2,7-8,17-24H2,(H,35,42). The van der Waals surface area contributed by atoms with Crippen LogP contribution in [0, 0.1) is 0 Å². The van der Waals surface area contributed by atoms with Gasteiger partial charge in [0.25, 0.3) is 11.7 Å². The van der Waals surface area contributed by atoms with Crippen molar-refractivity contribution in [1.29, 1.82) is 0 Å². The second-order valence-electron chi connectivity index (χ2n) is 11.4. The molecule has 0 aromatic heterocycles. The topological polar surface area (TPSA) is 99.3 Å². The highest BCUT2D eigenvalue weighted by atomic mass is 16.5. The fraction of sp³-hybridized carbons (Fsp3) is 0.353. The maximum absolute atomic E-state index is 14.3. The van der Waals surface area contributed by atoms with Gasteiger partial charge in [-0.3, -0.25) is 24.1 Å². The molecule has 43 heavy (non-hydrogen) atoms. The Kier molecular flexibility index (Phi) is 8.24. The van der Waals surface area contributed by atoms with Gasteiger partial charge in [0.2, 0.25) is 11.8 Å². The largest absolute Gasteiger partial charge is 0.378 e. The summed E-state index contributed by atoms with van der Waals surface area (Å²) in [7, 11) is 0. The van der Waals surface area contributed by atoms with E-state index in [-0.39, 0.29) is 24.9 Å². The number of Topliss-reactive ketones (excluding diaryl/α,β-unsaturated/α-hetero) is 1.